The molecule has 1 atom stereocenters. The molecular weight excluding hydrogens is 154 g/mol. The molecule has 0 saturated heterocycles. The van der Waals surface area contributed by atoms with Crippen LogP contribution in [-0.2, 0) is 0 Å². The summed E-state index contributed by atoms with van der Waals surface area (Å²) in [6, 6.07) is 1.79. The summed E-state index contributed by atoms with van der Waals surface area (Å²) in [6.45, 7) is 4.63. The first kappa shape index (κ1) is 7.34. The molecule has 0 aromatic carbocycles. The highest BCUT2D eigenvalue weighted by Crippen LogP contribution is 2.16. The van der Waals surface area contributed by atoms with E-state index in [0.29, 0.717) is 5.95 Å². The van der Waals surface area contributed by atoms with Crippen LogP contribution in [0.15, 0.2) is 10.9 Å². The van der Waals surface area contributed by atoms with E-state index in [1.54, 1.807) is 10.6 Å². The second kappa shape index (κ2) is 2.33. The molecular formula is C8H11N3O. The van der Waals surface area contributed by atoms with Crippen LogP contribution in [0.3, 0.4) is 0 Å². The first-order valence-electron chi connectivity index (χ1n) is 4.02. The topological polar surface area (TPSA) is 46.9 Å². The first-order valence-corrected chi connectivity index (χ1v) is 4.02. The van der Waals surface area contributed by atoms with Crippen LogP contribution in [0.2, 0.25) is 0 Å². The van der Waals surface area contributed by atoms with Gasteiger partial charge in [0.15, 0.2) is 0 Å². The molecule has 1 aliphatic heterocycles. The van der Waals surface area contributed by atoms with Crippen molar-refractivity contribution in [2.24, 2.45) is 0 Å². The van der Waals surface area contributed by atoms with Gasteiger partial charge in [0.25, 0.3) is 5.56 Å². The molecule has 12 heavy (non-hydrogen) atoms. The second-order valence-electron chi connectivity index (χ2n) is 3.16. The van der Waals surface area contributed by atoms with Crippen molar-refractivity contribution in [1.29, 1.82) is 0 Å². The number of aryl methyl sites for hydroxylation is 1. The molecule has 2 rings (SSSR count). The van der Waals surface area contributed by atoms with Gasteiger partial charge in [-0.1, -0.05) is 0 Å². The Hall–Kier alpha value is -1.32. The monoisotopic (exact) mass is 165 g/mol. The third kappa shape index (κ3) is 0.913. The van der Waals surface area contributed by atoms with E-state index < -0.39 is 0 Å². The Morgan fingerprint density at radius 3 is 3.25 bits per heavy atom. The molecule has 1 N–H and O–H groups in total. The highest BCUT2D eigenvalue weighted by Gasteiger charge is 2.19. The first-order chi connectivity index (χ1) is 5.68. The zero-order valence-electron chi connectivity index (χ0n) is 7.16. The van der Waals surface area contributed by atoms with E-state index in [1.807, 2.05) is 13.8 Å². The van der Waals surface area contributed by atoms with Gasteiger partial charge in [-0.15, -0.1) is 0 Å². The summed E-state index contributed by atoms with van der Waals surface area (Å²) < 4.78 is 1.69. The minimum absolute atomic E-state index is 0.0370. The Kier molecular flexibility index (Phi) is 1.43. The van der Waals surface area contributed by atoms with Gasteiger partial charge in [0, 0.05) is 18.3 Å². The number of hydrogen-bond acceptors (Lipinski definition) is 3. The molecule has 0 spiro atoms. The van der Waals surface area contributed by atoms with Crippen LogP contribution in [0.25, 0.3) is 0 Å². The van der Waals surface area contributed by atoms with E-state index in [2.05, 4.69) is 10.3 Å². The van der Waals surface area contributed by atoms with Crippen molar-refractivity contribution in [1.82, 2.24) is 9.55 Å². The lowest BCUT2D eigenvalue weighted by Gasteiger charge is -2.05. The highest BCUT2D eigenvalue weighted by molar-refractivity contribution is 5.32. The average molecular weight is 165 g/mol. The van der Waals surface area contributed by atoms with Gasteiger partial charge >= 0.3 is 0 Å². The van der Waals surface area contributed by atoms with Crippen molar-refractivity contribution >= 4 is 5.95 Å². The predicted octanol–water partition coefficient (Wildman–Crippen LogP) is 0.538. The van der Waals surface area contributed by atoms with Gasteiger partial charge < -0.3 is 5.32 Å². The van der Waals surface area contributed by atoms with Gasteiger partial charge in [-0.25, -0.2) is 4.98 Å². The molecule has 0 radical (unpaired) electrons. The number of anilines is 1. The van der Waals surface area contributed by atoms with Gasteiger partial charge in [0.1, 0.15) is 0 Å². The summed E-state index contributed by atoms with van der Waals surface area (Å²) in [5.74, 6) is 0.701. The van der Waals surface area contributed by atoms with Gasteiger partial charge in [-0.2, -0.15) is 0 Å². The van der Waals surface area contributed by atoms with Crippen LogP contribution in [0.5, 0.6) is 0 Å². The van der Waals surface area contributed by atoms with E-state index in [9.17, 15) is 4.79 Å². The maximum absolute atomic E-state index is 11.4. The van der Waals surface area contributed by atoms with Crippen molar-refractivity contribution in [3.8, 4) is 0 Å². The fraction of sp³-hybridized carbons (Fsp3) is 0.500. The van der Waals surface area contributed by atoms with E-state index in [0.717, 1.165) is 12.2 Å². The van der Waals surface area contributed by atoms with Crippen molar-refractivity contribution in [2.75, 3.05) is 11.9 Å². The smallest absolute Gasteiger partial charge is 0.255 e. The normalized spacial score (nSPS) is 20.3. The largest absolute Gasteiger partial charge is 0.353 e. The quantitative estimate of drug-likeness (QED) is 0.610. The lowest BCUT2D eigenvalue weighted by atomic mass is 10.3. The maximum Gasteiger partial charge on any atom is 0.255 e. The minimum atomic E-state index is 0.0370. The molecule has 64 valence electrons. The molecule has 0 fully saturated rings. The van der Waals surface area contributed by atoms with Crippen LogP contribution in [0, 0.1) is 6.92 Å². The number of aromatic nitrogens is 2. The summed E-state index contributed by atoms with van der Waals surface area (Å²) in [5, 5.41) is 3.08. The molecule has 4 heteroatoms. The Labute approximate surface area is 70.2 Å². The third-order valence-electron chi connectivity index (χ3n) is 2.08. The summed E-state index contributed by atoms with van der Waals surface area (Å²) >= 11 is 0. The maximum atomic E-state index is 11.4. The van der Waals surface area contributed by atoms with Crippen LogP contribution in [-0.4, -0.2) is 16.1 Å². The summed E-state index contributed by atoms with van der Waals surface area (Å²) in [4.78, 5) is 15.6. The van der Waals surface area contributed by atoms with Gasteiger partial charge in [-0.05, 0) is 13.8 Å². The van der Waals surface area contributed by atoms with Crippen LogP contribution >= 0.6 is 0 Å². The molecule has 1 aromatic heterocycles. The molecule has 0 saturated carbocycles. The van der Waals surface area contributed by atoms with Crippen molar-refractivity contribution in [3.05, 3.63) is 22.1 Å². The molecule has 0 aliphatic carbocycles. The van der Waals surface area contributed by atoms with Crippen LogP contribution < -0.4 is 10.9 Å². The number of nitrogens with one attached hydrogen (secondary N) is 1. The summed E-state index contributed by atoms with van der Waals surface area (Å²) in [5.41, 5.74) is 0.808. The highest BCUT2D eigenvalue weighted by atomic mass is 16.1. The number of rotatable bonds is 0. The van der Waals surface area contributed by atoms with Gasteiger partial charge in [0.05, 0.1) is 6.04 Å². The van der Waals surface area contributed by atoms with Crippen LogP contribution in [0.4, 0.5) is 5.95 Å². The SMILES string of the molecule is Cc1cc(=O)n2c(n1)NCC2C. The summed E-state index contributed by atoms with van der Waals surface area (Å²) in [7, 11) is 0. The standard InChI is InChI=1S/C8H11N3O/c1-5-3-7(12)11-6(2)4-9-8(11)10-5/h3,6H,4H2,1-2H3,(H,9,10). The molecule has 2 heterocycles. The number of fused-ring (bicyclic) bond motifs is 1. The Morgan fingerprint density at radius 2 is 2.50 bits per heavy atom. The van der Waals surface area contributed by atoms with Crippen molar-refractivity contribution in [3.63, 3.8) is 0 Å². The Balaban J connectivity index is 2.69. The minimum Gasteiger partial charge on any atom is -0.353 e. The van der Waals surface area contributed by atoms with Gasteiger partial charge in [-0.3, -0.25) is 9.36 Å². The lowest BCUT2D eigenvalue weighted by molar-refractivity contribution is 0.603. The molecule has 1 aromatic rings. The molecule has 0 bridgehead atoms. The van der Waals surface area contributed by atoms with Crippen molar-refractivity contribution in [2.45, 2.75) is 19.9 Å². The molecule has 1 aliphatic rings. The van der Waals surface area contributed by atoms with E-state index in [-0.39, 0.29) is 11.6 Å². The number of hydrogen-bond donors (Lipinski definition) is 1. The predicted molar refractivity (Wildman–Crippen MR) is 46.4 cm³/mol. The van der Waals surface area contributed by atoms with E-state index in [4.69, 9.17) is 0 Å². The Morgan fingerprint density at radius 1 is 1.75 bits per heavy atom. The molecule has 1 unspecified atom stereocenters. The fourth-order valence-electron chi connectivity index (χ4n) is 1.49. The molecule has 0 amide bonds. The zero-order chi connectivity index (χ0) is 8.72. The van der Waals surface area contributed by atoms with E-state index >= 15 is 0 Å². The second-order valence-corrected chi connectivity index (χ2v) is 3.16. The fourth-order valence-corrected chi connectivity index (χ4v) is 1.49. The third-order valence-corrected chi connectivity index (χ3v) is 2.08. The zero-order valence-corrected chi connectivity index (χ0v) is 7.16. The number of nitrogens with zero attached hydrogens (tertiary/aromatic N) is 2. The van der Waals surface area contributed by atoms with E-state index in [1.165, 1.54) is 0 Å². The van der Waals surface area contributed by atoms with Crippen molar-refractivity contribution < 1.29 is 0 Å². The Bertz CT molecular complexity index is 369. The average Bonchev–Trinajstić information content (AvgIpc) is 2.31. The summed E-state index contributed by atoms with van der Waals surface area (Å²) in [6.07, 6.45) is 0. The lowest BCUT2D eigenvalue weighted by Crippen LogP contribution is -2.20. The van der Waals surface area contributed by atoms with Gasteiger partial charge in [0.2, 0.25) is 5.95 Å². The molecule has 4 nitrogen and oxygen atoms in total. The van der Waals surface area contributed by atoms with Crippen LogP contribution in [0.1, 0.15) is 18.7 Å².